The number of rotatable bonds is 5. The molecule has 33 heavy (non-hydrogen) atoms. The van der Waals surface area contributed by atoms with Crippen molar-refractivity contribution in [3.8, 4) is 22.0 Å². The SMILES string of the molecule is NS(=O)(=O)c1ccc(C(=O)Nc2cccc(-c3ccc4nnc(-c5cccs5)n4n3)c2)cc1. The molecule has 0 unspecified atom stereocenters. The lowest BCUT2D eigenvalue weighted by atomic mass is 10.1. The van der Waals surface area contributed by atoms with Crippen molar-refractivity contribution in [3.63, 3.8) is 0 Å². The van der Waals surface area contributed by atoms with Crippen LogP contribution in [0.15, 0.2) is 83.1 Å². The van der Waals surface area contributed by atoms with Crippen LogP contribution in [0.2, 0.25) is 0 Å². The maximum atomic E-state index is 12.6. The van der Waals surface area contributed by atoms with Crippen molar-refractivity contribution in [1.82, 2.24) is 19.8 Å². The number of benzene rings is 2. The van der Waals surface area contributed by atoms with Crippen LogP contribution in [0.3, 0.4) is 0 Å². The Bertz CT molecular complexity index is 1580. The molecule has 0 saturated heterocycles. The number of aromatic nitrogens is 4. The Morgan fingerprint density at radius 1 is 0.970 bits per heavy atom. The summed E-state index contributed by atoms with van der Waals surface area (Å²) >= 11 is 1.56. The van der Waals surface area contributed by atoms with Crippen LogP contribution < -0.4 is 10.5 Å². The lowest BCUT2D eigenvalue weighted by Gasteiger charge is -2.08. The molecule has 164 valence electrons. The average Bonchev–Trinajstić information content (AvgIpc) is 3.48. The van der Waals surface area contributed by atoms with Crippen molar-refractivity contribution in [1.29, 1.82) is 0 Å². The highest BCUT2D eigenvalue weighted by Gasteiger charge is 2.13. The summed E-state index contributed by atoms with van der Waals surface area (Å²) in [4.78, 5) is 13.5. The average molecular weight is 477 g/mol. The molecule has 0 aliphatic heterocycles. The highest BCUT2D eigenvalue weighted by Crippen LogP contribution is 2.26. The number of amides is 1. The molecular weight excluding hydrogens is 460 g/mol. The van der Waals surface area contributed by atoms with E-state index in [0.717, 1.165) is 10.4 Å². The standard InChI is InChI=1S/C22H16N6O3S2/c23-33(30,31)17-8-6-14(7-9-17)22(29)24-16-4-1-3-15(13-16)18-10-11-20-25-26-21(28(20)27-18)19-5-2-12-32-19/h1-13H,(H,24,29)(H2,23,30,31). The van der Waals surface area contributed by atoms with Crippen molar-refractivity contribution in [3.05, 3.63) is 83.7 Å². The Hall–Kier alpha value is -3.93. The number of nitrogens with one attached hydrogen (secondary N) is 1. The molecular formula is C22H16N6O3S2. The summed E-state index contributed by atoms with van der Waals surface area (Å²) in [7, 11) is -3.82. The first kappa shape index (κ1) is 20.9. The molecule has 2 aromatic carbocycles. The number of nitrogens with two attached hydrogens (primary N) is 1. The normalized spacial score (nSPS) is 11.5. The van der Waals surface area contributed by atoms with Gasteiger partial charge in [-0.25, -0.2) is 13.6 Å². The number of hydrogen-bond donors (Lipinski definition) is 2. The number of carbonyl (C=O) groups is 1. The molecule has 0 atom stereocenters. The number of sulfonamides is 1. The first-order valence-corrected chi connectivity index (χ1v) is 12.1. The quantitative estimate of drug-likeness (QED) is 0.399. The van der Waals surface area contributed by atoms with Gasteiger partial charge in [-0.15, -0.1) is 21.5 Å². The van der Waals surface area contributed by atoms with Gasteiger partial charge < -0.3 is 5.32 Å². The van der Waals surface area contributed by atoms with Crippen molar-refractivity contribution in [2.75, 3.05) is 5.32 Å². The summed E-state index contributed by atoms with van der Waals surface area (Å²) in [5, 5.41) is 23.0. The molecule has 3 aromatic heterocycles. The van der Waals surface area contributed by atoms with Gasteiger partial charge in [0.15, 0.2) is 11.5 Å². The second-order valence-electron chi connectivity index (χ2n) is 7.09. The second kappa shape index (κ2) is 8.20. The fraction of sp³-hybridized carbons (Fsp3) is 0. The zero-order chi connectivity index (χ0) is 23.0. The van der Waals surface area contributed by atoms with E-state index >= 15 is 0 Å². The Morgan fingerprint density at radius 2 is 1.79 bits per heavy atom. The van der Waals surface area contributed by atoms with E-state index in [4.69, 9.17) is 5.14 Å². The van der Waals surface area contributed by atoms with Gasteiger partial charge in [0.2, 0.25) is 10.0 Å². The molecule has 0 bridgehead atoms. The number of primary sulfonamides is 1. The van der Waals surface area contributed by atoms with Gasteiger partial charge in [-0.2, -0.15) is 9.61 Å². The third-order valence-corrected chi connectivity index (χ3v) is 6.66. The summed E-state index contributed by atoms with van der Waals surface area (Å²) in [6.45, 7) is 0. The molecule has 0 saturated carbocycles. The van der Waals surface area contributed by atoms with Crippen LogP contribution in [0.5, 0.6) is 0 Å². The molecule has 0 aliphatic carbocycles. The number of nitrogens with zero attached hydrogens (tertiary/aromatic N) is 4. The lowest BCUT2D eigenvalue weighted by Crippen LogP contribution is -2.14. The highest BCUT2D eigenvalue weighted by atomic mass is 32.2. The first-order valence-electron chi connectivity index (χ1n) is 9.69. The van der Waals surface area contributed by atoms with Crippen LogP contribution in [0.25, 0.3) is 27.6 Å². The number of anilines is 1. The molecule has 5 rings (SSSR count). The fourth-order valence-corrected chi connectivity index (χ4v) is 4.47. The van der Waals surface area contributed by atoms with Gasteiger partial charge >= 0.3 is 0 Å². The first-order chi connectivity index (χ1) is 15.9. The van der Waals surface area contributed by atoms with Gasteiger partial charge in [0.05, 0.1) is 15.5 Å². The highest BCUT2D eigenvalue weighted by molar-refractivity contribution is 7.89. The summed E-state index contributed by atoms with van der Waals surface area (Å²) in [5.41, 5.74) is 2.99. The van der Waals surface area contributed by atoms with Crippen molar-refractivity contribution < 1.29 is 13.2 Å². The van der Waals surface area contributed by atoms with E-state index in [1.165, 1.54) is 24.3 Å². The Balaban J connectivity index is 1.42. The van der Waals surface area contributed by atoms with Crippen LogP contribution >= 0.6 is 11.3 Å². The van der Waals surface area contributed by atoms with E-state index < -0.39 is 10.0 Å². The minimum Gasteiger partial charge on any atom is -0.322 e. The summed E-state index contributed by atoms with van der Waals surface area (Å²) in [5.74, 6) is 0.282. The molecule has 0 spiro atoms. The van der Waals surface area contributed by atoms with E-state index in [1.54, 1.807) is 28.0 Å². The van der Waals surface area contributed by atoms with Crippen molar-refractivity contribution >= 4 is 38.6 Å². The van der Waals surface area contributed by atoms with Crippen LogP contribution in [-0.4, -0.2) is 34.1 Å². The summed E-state index contributed by atoms with van der Waals surface area (Å²) < 4.78 is 24.5. The summed E-state index contributed by atoms with van der Waals surface area (Å²) in [6.07, 6.45) is 0. The monoisotopic (exact) mass is 476 g/mol. The zero-order valence-corrected chi connectivity index (χ0v) is 18.5. The minimum absolute atomic E-state index is 0.0570. The predicted molar refractivity (Wildman–Crippen MR) is 125 cm³/mol. The minimum atomic E-state index is -3.82. The Labute approximate surface area is 192 Å². The van der Waals surface area contributed by atoms with E-state index in [2.05, 4.69) is 20.6 Å². The molecule has 3 heterocycles. The number of thiophene rings is 1. The van der Waals surface area contributed by atoms with E-state index in [9.17, 15) is 13.2 Å². The Morgan fingerprint density at radius 3 is 2.52 bits per heavy atom. The molecule has 1 amide bonds. The fourth-order valence-electron chi connectivity index (χ4n) is 3.26. The van der Waals surface area contributed by atoms with Crippen LogP contribution in [0.4, 0.5) is 5.69 Å². The molecule has 3 N–H and O–H groups in total. The zero-order valence-electron chi connectivity index (χ0n) is 16.9. The van der Waals surface area contributed by atoms with E-state index in [0.29, 0.717) is 28.4 Å². The van der Waals surface area contributed by atoms with Gasteiger partial charge in [0, 0.05) is 16.8 Å². The second-order valence-corrected chi connectivity index (χ2v) is 9.60. The van der Waals surface area contributed by atoms with Crippen molar-refractivity contribution in [2.24, 2.45) is 5.14 Å². The molecule has 11 heteroatoms. The molecule has 0 fully saturated rings. The van der Waals surface area contributed by atoms with Gasteiger partial charge in [-0.05, 0) is 60.0 Å². The molecule has 5 aromatic rings. The van der Waals surface area contributed by atoms with E-state index in [1.807, 2.05) is 41.8 Å². The molecule has 0 aliphatic rings. The summed E-state index contributed by atoms with van der Waals surface area (Å²) in [6, 6.07) is 20.3. The van der Waals surface area contributed by atoms with Gasteiger partial charge in [0.25, 0.3) is 5.91 Å². The smallest absolute Gasteiger partial charge is 0.255 e. The van der Waals surface area contributed by atoms with Gasteiger partial charge in [-0.1, -0.05) is 18.2 Å². The third-order valence-electron chi connectivity index (χ3n) is 4.87. The van der Waals surface area contributed by atoms with Gasteiger partial charge in [-0.3, -0.25) is 4.79 Å². The lowest BCUT2D eigenvalue weighted by molar-refractivity contribution is 0.102. The predicted octanol–water partition coefficient (Wildman–Crippen LogP) is 3.42. The number of carbonyl (C=O) groups excluding carboxylic acids is 1. The Kier molecular flexibility index (Phi) is 5.21. The maximum absolute atomic E-state index is 12.6. The largest absolute Gasteiger partial charge is 0.322 e. The van der Waals surface area contributed by atoms with Crippen molar-refractivity contribution in [2.45, 2.75) is 4.90 Å². The third kappa shape index (κ3) is 4.24. The van der Waals surface area contributed by atoms with Crippen LogP contribution in [0, 0.1) is 0 Å². The topological polar surface area (TPSA) is 132 Å². The van der Waals surface area contributed by atoms with Crippen LogP contribution in [0.1, 0.15) is 10.4 Å². The number of hydrogen-bond acceptors (Lipinski definition) is 7. The van der Waals surface area contributed by atoms with E-state index in [-0.39, 0.29) is 10.8 Å². The number of fused-ring (bicyclic) bond motifs is 1. The van der Waals surface area contributed by atoms with Gasteiger partial charge in [0.1, 0.15) is 0 Å². The molecule has 0 radical (unpaired) electrons. The van der Waals surface area contributed by atoms with Crippen LogP contribution in [-0.2, 0) is 10.0 Å². The maximum Gasteiger partial charge on any atom is 0.255 e. The molecule has 9 nitrogen and oxygen atoms in total.